The highest BCUT2D eigenvalue weighted by Crippen LogP contribution is 2.50. The van der Waals surface area contributed by atoms with Crippen LogP contribution in [0.3, 0.4) is 0 Å². The standard InChI is InChI=1S/C22H25NO6/c1-21(2,3)28-19(24)17-14-9-10-15(18(17)20(25)29-22(4,5)6)16-11-12(23(26)27)7-8-13(14)16/h7-11,14-15H,1-6H3/t14-,15+/m1/s1. The predicted octanol–water partition coefficient (Wildman–Crippen LogP) is 4.33. The molecule has 0 saturated heterocycles. The number of carbonyl (C=O) groups excluding carboxylic acids is 2. The maximum absolute atomic E-state index is 13.1. The second kappa shape index (κ2) is 6.83. The fourth-order valence-electron chi connectivity index (χ4n) is 3.64. The van der Waals surface area contributed by atoms with Crippen LogP contribution in [0.4, 0.5) is 5.69 Å². The predicted molar refractivity (Wildman–Crippen MR) is 106 cm³/mol. The van der Waals surface area contributed by atoms with Gasteiger partial charge in [0, 0.05) is 24.0 Å². The van der Waals surface area contributed by atoms with Gasteiger partial charge in [-0.3, -0.25) is 10.1 Å². The Balaban J connectivity index is 2.16. The van der Waals surface area contributed by atoms with E-state index in [0.29, 0.717) is 5.56 Å². The molecule has 0 amide bonds. The average Bonchev–Trinajstić information content (AvgIpc) is 2.58. The van der Waals surface area contributed by atoms with Gasteiger partial charge in [-0.25, -0.2) is 9.59 Å². The van der Waals surface area contributed by atoms with Gasteiger partial charge in [0.25, 0.3) is 5.69 Å². The number of nitro groups is 1. The van der Waals surface area contributed by atoms with Gasteiger partial charge in [-0.1, -0.05) is 18.2 Å². The molecule has 0 radical (unpaired) electrons. The monoisotopic (exact) mass is 399 g/mol. The van der Waals surface area contributed by atoms with Gasteiger partial charge in [-0.15, -0.1) is 0 Å². The summed E-state index contributed by atoms with van der Waals surface area (Å²) in [5, 5.41) is 11.2. The van der Waals surface area contributed by atoms with E-state index in [-0.39, 0.29) is 16.8 Å². The van der Waals surface area contributed by atoms with Crippen LogP contribution in [-0.2, 0) is 19.1 Å². The van der Waals surface area contributed by atoms with E-state index in [1.807, 2.05) is 6.08 Å². The number of nitro benzene ring substituents is 1. The Morgan fingerprint density at radius 2 is 1.31 bits per heavy atom. The highest BCUT2D eigenvalue weighted by Gasteiger charge is 2.44. The normalized spacial score (nSPS) is 20.3. The van der Waals surface area contributed by atoms with E-state index in [2.05, 4.69) is 0 Å². The smallest absolute Gasteiger partial charge is 0.336 e. The number of non-ortho nitro benzene ring substituents is 1. The van der Waals surface area contributed by atoms with E-state index in [9.17, 15) is 19.7 Å². The Hall–Kier alpha value is -2.96. The summed E-state index contributed by atoms with van der Waals surface area (Å²) in [4.78, 5) is 36.9. The Labute approximate surface area is 169 Å². The molecule has 0 spiro atoms. The van der Waals surface area contributed by atoms with Crippen molar-refractivity contribution < 1.29 is 24.0 Å². The van der Waals surface area contributed by atoms with Crippen LogP contribution in [0.1, 0.15) is 64.5 Å². The summed E-state index contributed by atoms with van der Waals surface area (Å²) >= 11 is 0. The number of esters is 2. The van der Waals surface area contributed by atoms with E-state index in [0.717, 1.165) is 5.56 Å². The fourth-order valence-corrected chi connectivity index (χ4v) is 3.64. The van der Waals surface area contributed by atoms with Gasteiger partial charge < -0.3 is 9.47 Å². The van der Waals surface area contributed by atoms with Gasteiger partial charge in [0.1, 0.15) is 11.2 Å². The summed E-state index contributed by atoms with van der Waals surface area (Å²) in [6.07, 6.45) is 3.63. The van der Waals surface area contributed by atoms with Crippen LogP contribution in [0, 0.1) is 10.1 Å². The molecular weight excluding hydrogens is 374 g/mol. The first-order chi connectivity index (χ1) is 13.3. The van der Waals surface area contributed by atoms with Gasteiger partial charge >= 0.3 is 11.9 Å². The van der Waals surface area contributed by atoms with Crippen molar-refractivity contribution in [3.63, 3.8) is 0 Å². The van der Waals surface area contributed by atoms with E-state index in [1.54, 1.807) is 53.7 Å². The average molecular weight is 399 g/mol. The summed E-state index contributed by atoms with van der Waals surface area (Å²) in [7, 11) is 0. The molecule has 3 aliphatic carbocycles. The van der Waals surface area contributed by atoms with Crippen molar-refractivity contribution in [2.75, 3.05) is 0 Å². The molecule has 154 valence electrons. The zero-order chi connectivity index (χ0) is 21.7. The topological polar surface area (TPSA) is 95.7 Å². The van der Waals surface area contributed by atoms with Crippen LogP contribution in [0.2, 0.25) is 0 Å². The number of ether oxygens (including phenoxy) is 2. The lowest BCUT2D eigenvalue weighted by Gasteiger charge is -2.37. The number of hydrogen-bond acceptors (Lipinski definition) is 6. The quantitative estimate of drug-likeness (QED) is 0.325. The van der Waals surface area contributed by atoms with Crippen molar-refractivity contribution in [3.05, 3.63) is 62.7 Å². The van der Waals surface area contributed by atoms with Gasteiger partial charge in [-0.2, -0.15) is 0 Å². The summed E-state index contributed by atoms with van der Waals surface area (Å²) in [5.74, 6) is -2.32. The number of rotatable bonds is 3. The van der Waals surface area contributed by atoms with E-state index in [1.165, 1.54) is 12.1 Å². The third kappa shape index (κ3) is 4.09. The van der Waals surface area contributed by atoms with Gasteiger partial charge in [0.15, 0.2) is 0 Å². The molecule has 0 unspecified atom stereocenters. The molecule has 0 saturated carbocycles. The molecule has 4 rings (SSSR count). The number of hydrogen-bond donors (Lipinski definition) is 0. The SMILES string of the molecule is CC(C)(C)OC(=O)C1=C(C(=O)OC(C)(C)C)[C@@H]2C=C[C@H]1c1cc([N+](=O)[O-])ccc12. The van der Waals surface area contributed by atoms with Crippen molar-refractivity contribution in [2.24, 2.45) is 0 Å². The molecule has 7 nitrogen and oxygen atoms in total. The zero-order valence-corrected chi connectivity index (χ0v) is 17.4. The fraction of sp³-hybridized carbons (Fsp3) is 0.455. The number of benzene rings is 1. The second-order valence-electron chi connectivity index (χ2n) is 9.24. The summed E-state index contributed by atoms with van der Waals surface area (Å²) in [6, 6.07) is 4.52. The van der Waals surface area contributed by atoms with Crippen LogP contribution in [0.25, 0.3) is 0 Å². The van der Waals surface area contributed by atoms with Gasteiger partial charge in [-0.05, 0) is 52.7 Å². The van der Waals surface area contributed by atoms with Crippen molar-refractivity contribution in [2.45, 2.75) is 64.6 Å². The Morgan fingerprint density at radius 1 is 0.862 bits per heavy atom. The maximum Gasteiger partial charge on any atom is 0.336 e. The molecule has 0 fully saturated rings. The minimum Gasteiger partial charge on any atom is -0.457 e. The van der Waals surface area contributed by atoms with E-state index in [4.69, 9.17) is 9.47 Å². The lowest BCUT2D eigenvalue weighted by Crippen LogP contribution is -2.35. The molecular formula is C22H25NO6. The first-order valence-corrected chi connectivity index (χ1v) is 9.46. The lowest BCUT2D eigenvalue weighted by molar-refractivity contribution is -0.384. The Bertz CT molecular complexity index is 958. The molecule has 7 heteroatoms. The Kier molecular flexibility index (Phi) is 4.89. The van der Waals surface area contributed by atoms with Crippen molar-refractivity contribution in [1.29, 1.82) is 0 Å². The summed E-state index contributed by atoms with van der Waals surface area (Å²) < 4.78 is 11.1. The molecule has 0 heterocycles. The Morgan fingerprint density at radius 3 is 1.72 bits per heavy atom. The van der Waals surface area contributed by atoms with Crippen LogP contribution in [0.5, 0.6) is 0 Å². The first-order valence-electron chi connectivity index (χ1n) is 9.46. The largest absolute Gasteiger partial charge is 0.457 e. The number of nitrogens with zero attached hydrogens (tertiary/aromatic N) is 1. The minimum atomic E-state index is -0.755. The second-order valence-corrected chi connectivity index (χ2v) is 9.24. The third-order valence-electron chi connectivity index (χ3n) is 4.60. The van der Waals surface area contributed by atoms with Crippen LogP contribution < -0.4 is 0 Å². The molecule has 0 aromatic heterocycles. The van der Waals surface area contributed by atoms with Gasteiger partial charge in [0.05, 0.1) is 16.1 Å². The number of allylic oxidation sites excluding steroid dienone is 2. The lowest BCUT2D eigenvalue weighted by atomic mass is 9.67. The van der Waals surface area contributed by atoms with Crippen LogP contribution in [-0.4, -0.2) is 28.1 Å². The molecule has 1 aromatic carbocycles. The number of carbonyl (C=O) groups is 2. The minimum absolute atomic E-state index is 0.0629. The molecule has 0 aliphatic heterocycles. The van der Waals surface area contributed by atoms with Crippen molar-refractivity contribution in [3.8, 4) is 0 Å². The highest BCUT2D eigenvalue weighted by molar-refractivity contribution is 6.05. The molecule has 0 N–H and O–H groups in total. The maximum atomic E-state index is 13.1. The molecule has 29 heavy (non-hydrogen) atoms. The van der Waals surface area contributed by atoms with Crippen LogP contribution >= 0.6 is 0 Å². The molecule has 2 atom stereocenters. The van der Waals surface area contributed by atoms with Gasteiger partial charge in [0.2, 0.25) is 0 Å². The van der Waals surface area contributed by atoms with E-state index < -0.39 is 39.9 Å². The summed E-state index contributed by atoms with van der Waals surface area (Å²) in [5.41, 5.74) is 0.276. The van der Waals surface area contributed by atoms with Crippen molar-refractivity contribution in [1.82, 2.24) is 0 Å². The molecule has 3 aliphatic rings. The zero-order valence-electron chi connectivity index (χ0n) is 17.4. The third-order valence-corrected chi connectivity index (χ3v) is 4.60. The molecule has 2 bridgehead atoms. The summed E-state index contributed by atoms with van der Waals surface area (Å²) in [6.45, 7) is 10.5. The molecule has 1 aromatic rings. The first kappa shape index (κ1) is 20.8. The van der Waals surface area contributed by atoms with Crippen LogP contribution in [0.15, 0.2) is 41.5 Å². The van der Waals surface area contributed by atoms with E-state index >= 15 is 0 Å². The highest BCUT2D eigenvalue weighted by atomic mass is 16.6. The van der Waals surface area contributed by atoms with Crippen molar-refractivity contribution >= 4 is 17.6 Å².